The minimum Gasteiger partial charge on any atom is -0.378 e. The highest BCUT2D eigenvalue weighted by Gasteiger charge is 2.27. The lowest BCUT2D eigenvalue weighted by atomic mass is 10.0. The summed E-state index contributed by atoms with van der Waals surface area (Å²) in [7, 11) is 1.75. The van der Waals surface area contributed by atoms with Gasteiger partial charge in [-0.25, -0.2) is 0 Å². The molecule has 0 atom stereocenters. The minimum atomic E-state index is -0.386. The quantitative estimate of drug-likeness (QED) is 0.549. The molecular formula is C23H19Cl2N3O3. The fourth-order valence-corrected chi connectivity index (χ4v) is 4.50. The molecule has 0 bridgehead atoms. The maximum atomic E-state index is 13.5. The number of hydrogen-bond acceptors (Lipinski definition) is 4. The molecule has 0 saturated carbocycles. The molecule has 3 aromatic rings. The first-order valence-electron chi connectivity index (χ1n) is 9.73. The van der Waals surface area contributed by atoms with Crippen LogP contribution in [-0.2, 0) is 11.8 Å². The largest absolute Gasteiger partial charge is 0.378 e. The number of nitriles is 1. The van der Waals surface area contributed by atoms with Crippen molar-refractivity contribution in [2.45, 2.75) is 6.92 Å². The van der Waals surface area contributed by atoms with Crippen molar-refractivity contribution in [3.63, 3.8) is 0 Å². The fraction of sp³-hybridized carbons (Fsp3) is 0.261. The molecule has 1 aromatic heterocycles. The Morgan fingerprint density at radius 3 is 2.52 bits per heavy atom. The zero-order chi connectivity index (χ0) is 22.3. The lowest BCUT2D eigenvalue weighted by Crippen LogP contribution is -2.40. The first kappa shape index (κ1) is 21.4. The third kappa shape index (κ3) is 3.70. The monoisotopic (exact) mass is 455 g/mol. The summed E-state index contributed by atoms with van der Waals surface area (Å²) >= 11 is 12.9. The molecule has 0 spiro atoms. The van der Waals surface area contributed by atoms with Crippen LogP contribution in [0.25, 0.3) is 10.9 Å². The molecule has 8 heteroatoms. The van der Waals surface area contributed by atoms with Gasteiger partial charge in [0.25, 0.3) is 5.91 Å². The number of halogens is 2. The number of rotatable bonds is 3. The van der Waals surface area contributed by atoms with Crippen molar-refractivity contribution in [1.29, 1.82) is 5.26 Å². The number of morpholine rings is 1. The Labute approximate surface area is 189 Å². The number of aryl methyl sites for hydroxylation is 2. The van der Waals surface area contributed by atoms with Gasteiger partial charge in [0.2, 0.25) is 5.78 Å². The van der Waals surface area contributed by atoms with Crippen LogP contribution in [-0.4, -0.2) is 47.5 Å². The summed E-state index contributed by atoms with van der Waals surface area (Å²) in [6.45, 7) is 3.74. The molecule has 31 heavy (non-hydrogen) atoms. The number of aromatic nitrogens is 1. The van der Waals surface area contributed by atoms with Gasteiger partial charge >= 0.3 is 0 Å². The second-order valence-corrected chi connectivity index (χ2v) is 8.23. The third-order valence-electron chi connectivity index (χ3n) is 5.58. The van der Waals surface area contributed by atoms with E-state index in [-0.39, 0.29) is 32.9 Å². The number of carbonyl (C=O) groups excluding carboxylic acids is 2. The smallest absolute Gasteiger partial charge is 0.255 e. The average molecular weight is 456 g/mol. The van der Waals surface area contributed by atoms with Gasteiger partial charge in [0.05, 0.1) is 51.7 Å². The molecule has 1 aliphatic rings. The number of nitrogens with zero attached hydrogens (tertiary/aromatic N) is 3. The lowest BCUT2D eigenvalue weighted by Gasteiger charge is -2.27. The molecule has 0 N–H and O–H groups in total. The standard InChI is InChI=1S/C23H19Cl2N3O3/c1-13-9-14(12-26)10-18-16(13)11-19(27(18)2)22(29)20-17(24)4-3-15(21(20)25)23(30)28-5-7-31-8-6-28/h3-4,9-11H,5-8H2,1-2H3. The molecular weight excluding hydrogens is 437 g/mol. The zero-order valence-corrected chi connectivity index (χ0v) is 18.5. The van der Waals surface area contributed by atoms with Crippen molar-refractivity contribution < 1.29 is 14.3 Å². The SMILES string of the molecule is Cc1cc(C#N)cc2c1cc(C(=O)c1c(Cl)ccc(C(=O)N3CCOCC3)c1Cl)n2C. The van der Waals surface area contributed by atoms with E-state index in [9.17, 15) is 14.9 Å². The molecule has 0 aliphatic carbocycles. The van der Waals surface area contributed by atoms with Crippen LogP contribution in [0.15, 0.2) is 30.3 Å². The molecule has 1 aliphatic heterocycles. The van der Waals surface area contributed by atoms with Crippen molar-refractivity contribution in [3.05, 3.63) is 68.3 Å². The number of carbonyl (C=O) groups is 2. The summed E-state index contributed by atoms with van der Waals surface area (Å²) in [6, 6.07) is 10.5. The van der Waals surface area contributed by atoms with Gasteiger partial charge in [-0.2, -0.15) is 5.26 Å². The Bertz CT molecular complexity index is 1270. The molecule has 158 valence electrons. The van der Waals surface area contributed by atoms with Crippen LogP contribution in [0.1, 0.15) is 37.5 Å². The van der Waals surface area contributed by atoms with Gasteiger partial charge in [-0.15, -0.1) is 0 Å². The zero-order valence-electron chi connectivity index (χ0n) is 17.0. The first-order valence-corrected chi connectivity index (χ1v) is 10.5. The van der Waals surface area contributed by atoms with E-state index in [2.05, 4.69) is 6.07 Å². The summed E-state index contributed by atoms with van der Waals surface area (Å²) in [5.41, 5.74) is 2.85. The number of ketones is 1. The number of amides is 1. The molecule has 1 fully saturated rings. The van der Waals surface area contributed by atoms with Crippen molar-refractivity contribution in [2.24, 2.45) is 7.05 Å². The highest BCUT2D eigenvalue weighted by molar-refractivity contribution is 6.42. The van der Waals surface area contributed by atoms with Crippen LogP contribution in [0.5, 0.6) is 0 Å². The Kier molecular flexibility index (Phi) is 5.76. The Balaban J connectivity index is 1.80. The van der Waals surface area contributed by atoms with E-state index in [0.717, 1.165) is 16.5 Å². The second kappa shape index (κ2) is 8.35. The van der Waals surface area contributed by atoms with E-state index in [1.165, 1.54) is 6.07 Å². The van der Waals surface area contributed by atoms with Gasteiger partial charge in [0.15, 0.2) is 0 Å². The molecule has 6 nitrogen and oxygen atoms in total. The lowest BCUT2D eigenvalue weighted by molar-refractivity contribution is 0.0303. The van der Waals surface area contributed by atoms with E-state index < -0.39 is 0 Å². The summed E-state index contributed by atoms with van der Waals surface area (Å²) < 4.78 is 7.01. The number of benzene rings is 2. The Hall–Kier alpha value is -2.85. The number of ether oxygens (including phenoxy) is 1. The van der Waals surface area contributed by atoms with Crippen molar-refractivity contribution in [1.82, 2.24) is 9.47 Å². The maximum Gasteiger partial charge on any atom is 0.255 e. The van der Waals surface area contributed by atoms with E-state index in [1.807, 2.05) is 6.92 Å². The Morgan fingerprint density at radius 2 is 1.84 bits per heavy atom. The average Bonchev–Trinajstić information content (AvgIpc) is 3.11. The van der Waals surface area contributed by atoms with Crippen molar-refractivity contribution in [2.75, 3.05) is 26.3 Å². The van der Waals surface area contributed by atoms with Crippen LogP contribution < -0.4 is 0 Å². The van der Waals surface area contributed by atoms with E-state index >= 15 is 0 Å². The first-order chi connectivity index (χ1) is 14.8. The topological polar surface area (TPSA) is 75.3 Å². The molecule has 1 saturated heterocycles. The minimum absolute atomic E-state index is 0.0358. The molecule has 0 radical (unpaired) electrons. The summed E-state index contributed by atoms with van der Waals surface area (Å²) in [5.74, 6) is -0.645. The van der Waals surface area contributed by atoms with Crippen LogP contribution in [0.2, 0.25) is 10.0 Å². The predicted octanol–water partition coefficient (Wildman–Crippen LogP) is 4.37. The summed E-state index contributed by atoms with van der Waals surface area (Å²) in [6.07, 6.45) is 0. The maximum absolute atomic E-state index is 13.5. The van der Waals surface area contributed by atoms with E-state index in [0.29, 0.717) is 37.6 Å². The predicted molar refractivity (Wildman–Crippen MR) is 119 cm³/mol. The normalized spacial score (nSPS) is 14.0. The van der Waals surface area contributed by atoms with E-state index in [4.69, 9.17) is 27.9 Å². The van der Waals surface area contributed by atoms with Gasteiger partial charge in [-0.1, -0.05) is 23.2 Å². The van der Waals surface area contributed by atoms with Crippen LogP contribution >= 0.6 is 23.2 Å². The van der Waals surface area contributed by atoms with Gasteiger partial charge in [0.1, 0.15) is 0 Å². The van der Waals surface area contributed by atoms with Gasteiger partial charge in [0, 0.05) is 31.0 Å². The molecule has 1 amide bonds. The summed E-state index contributed by atoms with van der Waals surface area (Å²) in [5, 5.41) is 10.3. The van der Waals surface area contributed by atoms with Gasteiger partial charge in [-0.3, -0.25) is 9.59 Å². The highest BCUT2D eigenvalue weighted by atomic mass is 35.5. The third-order valence-corrected chi connectivity index (χ3v) is 6.28. The second-order valence-electron chi connectivity index (χ2n) is 7.44. The van der Waals surface area contributed by atoms with Crippen LogP contribution in [0.3, 0.4) is 0 Å². The fourth-order valence-electron chi connectivity index (χ4n) is 3.88. The highest BCUT2D eigenvalue weighted by Crippen LogP contribution is 2.33. The van der Waals surface area contributed by atoms with Crippen LogP contribution in [0.4, 0.5) is 0 Å². The molecule has 2 aromatic carbocycles. The van der Waals surface area contributed by atoms with Gasteiger partial charge in [-0.05, 0) is 42.8 Å². The van der Waals surface area contributed by atoms with Gasteiger partial charge < -0.3 is 14.2 Å². The molecule has 0 unspecified atom stereocenters. The molecule has 4 rings (SSSR count). The van der Waals surface area contributed by atoms with Crippen molar-refractivity contribution in [3.8, 4) is 6.07 Å². The number of hydrogen-bond donors (Lipinski definition) is 0. The number of fused-ring (bicyclic) bond motifs is 1. The Morgan fingerprint density at radius 1 is 1.13 bits per heavy atom. The summed E-state index contributed by atoms with van der Waals surface area (Å²) in [4.78, 5) is 28.1. The van der Waals surface area contributed by atoms with E-state index in [1.54, 1.807) is 40.8 Å². The van der Waals surface area contributed by atoms with Crippen molar-refractivity contribution >= 4 is 45.8 Å². The molecule has 2 heterocycles. The van der Waals surface area contributed by atoms with Crippen LogP contribution in [0, 0.1) is 18.3 Å².